The molecule has 0 atom stereocenters. The molecule has 3 fully saturated rings. The number of carbonyl (C=O) groups excluding carboxylic acids is 2. The van der Waals surface area contributed by atoms with Crippen LogP contribution >= 0.6 is 11.3 Å². The smallest absolute Gasteiger partial charge is 0.389 e. The summed E-state index contributed by atoms with van der Waals surface area (Å²) in [6.07, 6.45) is 1.56. The summed E-state index contributed by atoms with van der Waals surface area (Å²) in [6, 6.07) is 1.14. The molecule has 4 heterocycles. The van der Waals surface area contributed by atoms with Gasteiger partial charge < -0.3 is 20.6 Å². The highest BCUT2D eigenvalue weighted by Crippen LogP contribution is 2.44. The lowest BCUT2D eigenvalue weighted by atomic mass is 10.0. The third-order valence-corrected chi connectivity index (χ3v) is 7.86. The van der Waals surface area contributed by atoms with Crippen LogP contribution in [0.15, 0.2) is 12.3 Å². The fourth-order valence-corrected chi connectivity index (χ4v) is 5.87. The average Bonchev–Trinajstić information content (AvgIpc) is 3.21. The van der Waals surface area contributed by atoms with Gasteiger partial charge in [0.25, 0.3) is 11.8 Å². The highest BCUT2D eigenvalue weighted by atomic mass is 32.1. The Morgan fingerprint density at radius 1 is 1.14 bits per heavy atom. The molecule has 0 unspecified atom stereocenters. The molecule has 2 aromatic heterocycles. The minimum absolute atomic E-state index is 0.0301. The lowest BCUT2D eigenvalue weighted by Crippen LogP contribution is -2.38. The number of amides is 2. The topological polar surface area (TPSA) is 107 Å². The van der Waals surface area contributed by atoms with E-state index in [-0.39, 0.29) is 51.6 Å². The van der Waals surface area contributed by atoms with Crippen molar-refractivity contribution in [1.29, 1.82) is 0 Å². The van der Waals surface area contributed by atoms with Crippen molar-refractivity contribution in [2.75, 3.05) is 11.9 Å². The first-order valence-electron chi connectivity index (χ1n) is 12.1. The van der Waals surface area contributed by atoms with E-state index in [1.165, 1.54) is 13.8 Å². The first kappa shape index (κ1) is 24.9. The second kappa shape index (κ2) is 8.98. The molecule has 1 aliphatic carbocycles. The monoisotopic (exact) mass is 523 g/mol. The number of hydrogen-bond acceptors (Lipinski definition) is 7. The molecular formula is C24H28F3N5O3S. The lowest BCUT2D eigenvalue weighted by molar-refractivity contribution is -0.137. The van der Waals surface area contributed by atoms with Crippen LogP contribution in [0.5, 0.6) is 0 Å². The minimum Gasteiger partial charge on any atom is -0.389 e. The number of carbonyl (C=O) groups is 2. The van der Waals surface area contributed by atoms with E-state index in [9.17, 15) is 27.9 Å². The maximum Gasteiger partial charge on any atom is 0.417 e. The standard InChI is InChI=1S/C24H28F3N5O3S/c1-23(2,35)11-29-20(33)21-31-18(22(34)32-13-5-6-14(32)8-7-13)19(36-21)15-10-28-17(30-12-3-4-12)9-16(15)24(25,26)27/h9-10,12-14,35H,3-8,11H2,1-2H3,(H,28,30)(H,29,33). The Morgan fingerprint density at radius 2 is 1.78 bits per heavy atom. The number of fused-ring (bicyclic) bond motifs is 2. The molecule has 12 heteroatoms. The normalized spacial score (nSPS) is 21.7. The van der Waals surface area contributed by atoms with Crippen LogP contribution in [-0.4, -0.2) is 62.1 Å². The maximum atomic E-state index is 14.2. The number of nitrogens with one attached hydrogen (secondary N) is 2. The summed E-state index contributed by atoms with van der Waals surface area (Å²) in [4.78, 5) is 36.5. The highest BCUT2D eigenvalue weighted by Gasteiger charge is 2.45. The zero-order chi connectivity index (χ0) is 25.8. The molecule has 2 saturated heterocycles. The Labute approximate surface area is 210 Å². The van der Waals surface area contributed by atoms with E-state index in [1.807, 2.05) is 0 Å². The molecule has 2 bridgehead atoms. The van der Waals surface area contributed by atoms with E-state index in [4.69, 9.17) is 0 Å². The first-order valence-corrected chi connectivity index (χ1v) is 12.9. The van der Waals surface area contributed by atoms with Crippen molar-refractivity contribution in [1.82, 2.24) is 20.2 Å². The molecule has 0 radical (unpaired) electrons. The molecule has 0 spiro atoms. The van der Waals surface area contributed by atoms with Crippen molar-refractivity contribution in [2.24, 2.45) is 0 Å². The van der Waals surface area contributed by atoms with Gasteiger partial charge in [0.05, 0.1) is 16.0 Å². The van der Waals surface area contributed by atoms with Crippen molar-refractivity contribution in [2.45, 2.75) is 82.3 Å². The SMILES string of the molecule is CC(C)(O)CNC(=O)c1nc(C(=O)N2C3CCC2CC3)c(-c2cnc(NC3CC3)cc2C(F)(F)F)s1. The number of rotatable bonds is 7. The van der Waals surface area contributed by atoms with E-state index in [1.54, 1.807) is 4.90 Å². The summed E-state index contributed by atoms with van der Waals surface area (Å²) >= 11 is 0.731. The number of pyridine rings is 1. The van der Waals surface area contributed by atoms with Gasteiger partial charge in [0, 0.05) is 36.4 Å². The predicted octanol–water partition coefficient (Wildman–Crippen LogP) is 4.07. The molecule has 8 nitrogen and oxygen atoms in total. The van der Waals surface area contributed by atoms with Gasteiger partial charge in [-0.05, 0) is 58.4 Å². The lowest BCUT2D eigenvalue weighted by Gasteiger charge is -2.22. The molecule has 36 heavy (non-hydrogen) atoms. The third-order valence-electron chi connectivity index (χ3n) is 6.78. The van der Waals surface area contributed by atoms with E-state index in [2.05, 4.69) is 20.6 Å². The number of aromatic nitrogens is 2. The molecular weight excluding hydrogens is 495 g/mol. The third kappa shape index (κ3) is 5.06. The molecule has 0 aromatic carbocycles. The van der Waals surface area contributed by atoms with Crippen LogP contribution in [0.2, 0.25) is 0 Å². The predicted molar refractivity (Wildman–Crippen MR) is 128 cm³/mol. The fraction of sp³-hybridized carbons (Fsp3) is 0.583. The number of halogens is 3. The Bertz CT molecular complexity index is 1170. The second-order valence-electron chi connectivity index (χ2n) is 10.4. The van der Waals surface area contributed by atoms with Crippen LogP contribution in [0, 0.1) is 0 Å². The van der Waals surface area contributed by atoms with Crippen molar-refractivity contribution < 1.29 is 27.9 Å². The summed E-state index contributed by atoms with van der Waals surface area (Å²) in [5.74, 6) is -1.01. The Morgan fingerprint density at radius 3 is 2.33 bits per heavy atom. The maximum absolute atomic E-state index is 14.2. The largest absolute Gasteiger partial charge is 0.417 e. The molecule has 3 aliphatic rings. The minimum atomic E-state index is -4.71. The molecule has 1 saturated carbocycles. The number of nitrogens with zero attached hydrogens (tertiary/aromatic N) is 3. The number of alkyl halides is 3. The van der Waals surface area contributed by atoms with Crippen LogP contribution in [0.25, 0.3) is 10.4 Å². The summed E-state index contributed by atoms with van der Waals surface area (Å²) in [5, 5.41) is 15.3. The first-order chi connectivity index (χ1) is 16.9. The fourth-order valence-electron chi connectivity index (χ4n) is 4.87. The van der Waals surface area contributed by atoms with Crippen molar-refractivity contribution in [3.05, 3.63) is 28.5 Å². The number of aliphatic hydroxyl groups is 1. The Kier molecular flexibility index (Phi) is 6.22. The number of thiazole rings is 1. The van der Waals surface area contributed by atoms with Crippen molar-refractivity contribution in [3.63, 3.8) is 0 Å². The molecule has 5 rings (SSSR count). The van der Waals surface area contributed by atoms with E-state index < -0.39 is 29.2 Å². The van der Waals surface area contributed by atoms with Crippen LogP contribution in [0.3, 0.4) is 0 Å². The van der Waals surface area contributed by atoms with E-state index in [0.29, 0.717) is 0 Å². The number of anilines is 1. The Hall–Kier alpha value is -2.73. The highest BCUT2D eigenvalue weighted by molar-refractivity contribution is 7.17. The van der Waals surface area contributed by atoms with E-state index in [0.717, 1.165) is 62.1 Å². The molecule has 2 aromatic rings. The second-order valence-corrected chi connectivity index (χ2v) is 11.4. The number of hydrogen-bond donors (Lipinski definition) is 3. The zero-order valence-electron chi connectivity index (χ0n) is 20.0. The quantitative estimate of drug-likeness (QED) is 0.505. The van der Waals surface area contributed by atoms with Gasteiger partial charge in [-0.3, -0.25) is 9.59 Å². The van der Waals surface area contributed by atoms with Gasteiger partial charge in [0.15, 0.2) is 5.01 Å². The zero-order valence-corrected chi connectivity index (χ0v) is 20.8. The van der Waals surface area contributed by atoms with Crippen LogP contribution < -0.4 is 10.6 Å². The van der Waals surface area contributed by atoms with Gasteiger partial charge in [0.1, 0.15) is 11.5 Å². The van der Waals surface area contributed by atoms with Crippen LogP contribution in [-0.2, 0) is 6.18 Å². The van der Waals surface area contributed by atoms with E-state index >= 15 is 0 Å². The van der Waals surface area contributed by atoms with Crippen molar-refractivity contribution >= 4 is 29.0 Å². The van der Waals surface area contributed by atoms with Gasteiger partial charge >= 0.3 is 6.18 Å². The van der Waals surface area contributed by atoms with Crippen LogP contribution in [0.4, 0.5) is 19.0 Å². The van der Waals surface area contributed by atoms with Crippen LogP contribution in [0.1, 0.15) is 78.2 Å². The van der Waals surface area contributed by atoms with Gasteiger partial charge in [-0.1, -0.05) is 0 Å². The van der Waals surface area contributed by atoms with Crippen molar-refractivity contribution in [3.8, 4) is 10.4 Å². The summed E-state index contributed by atoms with van der Waals surface area (Å²) < 4.78 is 42.5. The van der Waals surface area contributed by atoms with Gasteiger partial charge in [-0.25, -0.2) is 9.97 Å². The molecule has 194 valence electrons. The van der Waals surface area contributed by atoms with Gasteiger partial charge in [-0.15, -0.1) is 11.3 Å². The van der Waals surface area contributed by atoms with Gasteiger partial charge in [-0.2, -0.15) is 13.2 Å². The molecule has 2 aliphatic heterocycles. The summed E-state index contributed by atoms with van der Waals surface area (Å²) in [6.45, 7) is 2.94. The molecule has 2 amide bonds. The summed E-state index contributed by atoms with van der Waals surface area (Å²) in [7, 11) is 0. The van der Waals surface area contributed by atoms with Gasteiger partial charge in [0.2, 0.25) is 0 Å². The summed E-state index contributed by atoms with van der Waals surface area (Å²) in [5.41, 5.74) is -2.58. The Balaban J connectivity index is 1.57. The molecule has 3 N–H and O–H groups in total. The average molecular weight is 524 g/mol.